The Morgan fingerprint density at radius 3 is 2.76 bits per heavy atom. The first kappa shape index (κ1) is 12.2. The summed E-state index contributed by atoms with van der Waals surface area (Å²) in [5.74, 6) is 1.15. The van der Waals surface area contributed by atoms with E-state index in [0.29, 0.717) is 5.76 Å². The van der Waals surface area contributed by atoms with Gasteiger partial charge in [-0.2, -0.15) is 0 Å². The number of likely N-dealkylation sites (tertiary alicyclic amines) is 1. The highest BCUT2D eigenvalue weighted by Gasteiger charge is 2.16. The van der Waals surface area contributed by atoms with E-state index < -0.39 is 0 Å². The summed E-state index contributed by atoms with van der Waals surface area (Å²) in [6.07, 6.45) is 2.53. The fraction of sp³-hybridized carbons (Fsp3) is 0.615. The van der Waals surface area contributed by atoms with E-state index >= 15 is 0 Å². The molecule has 1 saturated heterocycles. The molecule has 1 fully saturated rings. The molecule has 4 heteroatoms. The van der Waals surface area contributed by atoms with Gasteiger partial charge < -0.3 is 9.73 Å². The summed E-state index contributed by atoms with van der Waals surface area (Å²) >= 11 is 0. The molecule has 0 unspecified atom stereocenters. The van der Waals surface area contributed by atoms with E-state index in [-0.39, 0.29) is 11.9 Å². The molecular weight excluding hydrogens is 216 g/mol. The fourth-order valence-electron chi connectivity index (χ4n) is 2.08. The average Bonchev–Trinajstić information content (AvgIpc) is 2.88. The van der Waals surface area contributed by atoms with Crippen molar-refractivity contribution in [1.82, 2.24) is 10.2 Å². The van der Waals surface area contributed by atoms with Crippen molar-refractivity contribution in [3.05, 3.63) is 23.7 Å². The Hall–Kier alpha value is -1.29. The van der Waals surface area contributed by atoms with Gasteiger partial charge in [0.25, 0.3) is 5.91 Å². The molecular formula is C13H20N2O2. The van der Waals surface area contributed by atoms with Gasteiger partial charge in [-0.3, -0.25) is 9.69 Å². The number of carbonyl (C=O) groups excluding carboxylic acids is 1. The lowest BCUT2D eigenvalue weighted by atomic mass is 10.3. The Bertz CT molecular complexity index is 379. The minimum Gasteiger partial charge on any atom is -0.455 e. The molecule has 0 atom stereocenters. The molecule has 0 spiro atoms. The van der Waals surface area contributed by atoms with Crippen LogP contribution in [0.2, 0.25) is 0 Å². The van der Waals surface area contributed by atoms with E-state index in [9.17, 15) is 4.79 Å². The van der Waals surface area contributed by atoms with Gasteiger partial charge in [0.05, 0.1) is 6.54 Å². The van der Waals surface area contributed by atoms with E-state index in [2.05, 4.69) is 10.2 Å². The molecule has 0 bridgehead atoms. The minimum absolute atomic E-state index is 0.132. The van der Waals surface area contributed by atoms with Crippen LogP contribution in [0.1, 0.15) is 43.0 Å². The molecule has 1 aliphatic rings. The molecule has 0 aliphatic carbocycles. The first-order valence-corrected chi connectivity index (χ1v) is 6.27. The second-order valence-corrected chi connectivity index (χ2v) is 4.88. The molecule has 1 aromatic heterocycles. The van der Waals surface area contributed by atoms with Crippen LogP contribution in [0.15, 0.2) is 16.5 Å². The summed E-state index contributed by atoms with van der Waals surface area (Å²) in [6, 6.07) is 3.78. The first-order chi connectivity index (χ1) is 8.15. The summed E-state index contributed by atoms with van der Waals surface area (Å²) in [5.41, 5.74) is 0. The van der Waals surface area contributed by atoms with Crippen molar-refractivity contribution in [2.24, 2.45) is 0 Å². The molecule has 1 aliphatic heterocycles. The summed E-state index contributed by atoms with van der Waals surface area (Å²) in [7, 11) is 0. The molecule has 0 radical (unpaired) electrons. The van der Waals surface area contributed by atoms with Gasteiger partial charge in [-0.25, -0.2) is 0 Å². The van der Waals surface area contributed by atoms with Crippen molar-refractivity contribution in [2.45, 2.75) is 39.3 Å². The molecule has 17 heavy (non-hydrogen) atoms. The number of nitrogens with zero attached hydrogens (tertiary/aromatic N) is 1. The number of furan rings is 1. The third-order valence-corrected chi connectivity index (χ3v) is 2.88. The van der Waals surface area contributed by atoms with E-state index in [1.807, 2.05) is 19.9 Å². The predicted molar refractivity (Wildman–Crippen MR) is 65.8 cm³/mol. The van der Waals surface area contributed by atoms with Gasteiger partial charge in [0, 0.05) is 6.04 Å². The van der Waals surface area contributed by atoms with Gasteiger partial charge in [0.2, 0.25) is 0 Å². The van der Waals surface area contributed by atoms with Crippen molar-refractivity contribution in [2.75, 3.05) is 13.1 Å². The third kappa shape index (κ3) is 3.33. The second-order valence-electron chi connectivity index (χ2n) is 4.88. The lowest BCUT2D eigenvalue weighted by Gasteiger charge is -2.11. The normalized spacial score (nSPS) is 16.6. The number of carbonyl (C=O) groups is 1. The smallest absolute Gasteiger partial charge is 0.287 e. The highest BCUT2D eigenvalue weighted by Crippen LogP contribution is 2.15. The molecule has 0 saturated carbocycles. The van der Waals surface area contributed by atoms with Crippen molar-refractivity contribution < 1.29 is 9.21 Å². The SMILES string of the molecule is CC(C)NC(=O)c1ccc(CN2CCCC2)o1. The largest absolute Gasteiger partial charge is 0.455 e. The maximum Gasteiger partial charge on any atom is 0.287 e. The Morgan fingerprint density at radius 1 is 1.41 bits per heavy atom. The van der Waals surface area contributed by atoms with Crippen molar-refractivity contribution in [1.29, 1.82) is 0 Å². The van der Waals surface area contributed by atoms with Crippen LogP contribution in [-0.4, -0.2) is 29.9 Å². The quantitative estimate of drug-likeness (QED) is 0.869. The van der Waals surface area contributed by atoms with Crippen LogP contribution in [0.25, 0.3) is 0 Å². The molecule has 94 valence electrons. The minimum atomic E-state index is -0.132. The second kappa shape index (κ2) is 5.36. The number of hydrogen-bond acceptors (Lipinski definition) is 3. The standard InChI is InChI=1S/C13H20N2O2/c1-10(2)14-13(16)12-6-5-11(17-12)9-15-7-3-4-8-15/h5-6,10H,3-4,7-9H2,1-2H3,(H,14,16). The lowest BCUT2D eigenvalue weighted by Crippen LogP contribution is -2.29. The van der Waals surface area contributed by atoms with Gasteiger partial charge in [0.15, 0.2) is 5.76 Å². The number of amides is 1. The Kier molecular flexibility index (Phi) is 3.84. The van der Waals surface area contributed by atoms with E-state index in [4.69, 9.17) is 4.42 Å². The van der Waals surface area contributed by atoms with Gasteiger partial charge in [0.1, 0.15) is 5.76 Å². The van der Waals surface area contributed by atoms with Crippen LogP contribution in [0.3, 0.4) is 0 Å². The van der Waals surface area contributed by atoms with Crippen LogP contribution < -0.4 is 5.32 Å². The molecule has 2 rings (SSSR count). The van der Waals surface area contributed by atoms with Crippen LogP contribution in [0, 0.1) is 0 Å². The topological polar surface area (TPSA) is 45.5 Å². The zero-order chi connectivity index (χ0) is 12.3. The van der Waals surface area contributed by atoms with Gasteiger partial charge in [-0.1, -0.05) is 0 Å². The third-order valence-electron chi connectivity index (χ3n) is 2.88. The fourth-order valence-corrected chi connectivity index (χ4v) is 2.08. The summed E-state index contributed by atoms with van der Waals surface area (Å²) in [6.45, 7) is 6.95. The monoisotopic (exact) mass is 236 g/mol. The van der Waals surface area contributed by atoms with Crippen molar-refractivity contribution in [3.63, 3.8) is 0 Å². The molecule has 2 heterocycles. The average molecular weight is 236 g/mol. The summed E-state index contributed by atoms with van der Waals surface area (Å²) < 4.78 is 5.55. The van der Waals surface area contributed by atoms with E-state index in [1.165, 1.54) is 12.8 Å². The zero-order valence-electron chi connectivity index (χ0n) is 10.5. The van der Waals surface area contributed by atoms with Crippen molar-refractivity contribution >= 4 is 5.91 Å². The van der Waals surface area contributed by atoms with Crippen LogP contribution in [0.4, 0.5) is 0 Å². The lowest BCUT2D eigenvalue weighted by molar-refractivity contribution is 0.0911. The molecule has 1 amide bonds. The number of rotatable bonds is 4. The Balaban J connectivity index is 1.92. The molecule has 1 aromatic rings. The maximum absolute atomic E-state index is 11.7. The van der Waals surface area contributed by atoms with Crippen LogP contribution in [0.5, 0.6) is 0 Å². The Labute approximate surface area is 102 Å². The first-order valence-electron chi connectivity index (χ1n) is 6.27. The number of nitrogens with one attached hydrogen (secondary N) is 1. The summed E-state index contributed by atoms with van der Waals surface area (Å²) in [5, 5.41) is 2.82. The maximum atomic E-state index is 11.7. The zero-order valence-corrected chi connectivity index (χ0v) is 10.5. The van der Waals surface area contributed by atoms with Gasteiger partial charge in [-0.15, -0.1) is 0 Å². The molecule has 4 nitrogen and oxygen atoms in total. The van der Waals surface area contributed by atoms with E-state index in [0.717, 1.165) is 25.4 Å². The van der Waals surface area contributed by atoms with Gasteiger partial charge >= 0.3 is 0 Å². The molecule has 0 aromatic carbocycles. The van der Waals surface area contributed by atoms with Gasteiger partial charge in [-0.05, 0) is 51.9 Å². The Morgan fingerprint density at radius 2 is 2.12 bits per heavy atom. The molecule has 1 N–H and O–H groups in total. The van der Waals surface area contributed by atoms with E-state index in [1.54, 1.807) is 6.07 Å². The highest BCUT2D eigenvalue weighted by atomic mass is 16.4. The van der Waals surface area contributed by atoms with Crippen LogP contribution in [-0.2, 0) is 6.54 Å². The van der Waals surface area contributed by atoms with Crippen molar-refractivity contribution in [3.8, 4) is 0 Å². The van der Waals surface area contributed by atoms with Crippen LogP contribution >= 0.6 is 0 Å². The number of hydrogen-bond donors (Lipinski definition) is 1. The summed E-state index contributed by atoms with van der Waals surface area (Å²) in [4.78, 5) is 14.0. The predicted octanol–water partition coefficient (Wildman–Crippen LogP) is 2.01. The highest BCUT2D eigenvalue weighted by molar-refractivity contribution is 5.91.